The Hall–Kier alpha value is -3.66. The molecule has 4 heteroatoms. The van der Waals surface area contributed by atoms with Crippen molar-refractivity contribution in [2.24, 2.45) is 0 Å². The van der Waals surface area contributed by atoms with Crippen molar-refractivity contribution in [1.29, 1.82) is 0 Å². The molecule has 0 aliphatic heterocycles. The van der Waals surface area contributed by atoms with Crippen LogP contribution in [-0.2, 0) is 17.6 Å². The van der Waals surface area contributed by atoms with Crippen molar-refractivity contribution in [3.63, 3.8) is 0 Å². The molecule has 0 bridgehead atoms. The van der Waals surface area contributed by atoms with E-state index in [-0.39, 0.29) is 5.91 Å². The van der Waals surface area contributed by atoms with Gasteiger partial charge in [-0.1, -0.05) is 48.5 Å². The predicted molar refractivity (Wildman–Crippen MR) is 111 cm³/mol. The third kappa shape index (κ3) is 3.09. The Morgan fingerprint density at radius 3 is 2.61 bits per heavy atom. The van der Waals surface area contributed by atoms with Gasteiger partial charge in [0.15, 0.2) is 0 Å². The Morgan fingerprint density at radius 1 is 0.929 bits per heavy atom. The molecule has 28 heavy (non-hydrogen) atoms. The summed E-state index contributed by atoms with van der Waals surface area (Å²) in [5, 5.41) is 7.37. The van der Waals surface area contributed by atoms with Crippen molar-refractivity contribution >= 4 is 11.6 Å². The Labute approximate surface area is 163 Å². The van der Waals surface area contributed by atoms with Crippen molar-refractivity contribution in [3.05, 3.63) is 102 Å². The van der Waals surface area contributed by atoms with Crippen LogP contribution in [0.1, 0.15) is 16.7 Å². The lowest BCUT2D eigenvalue weighted by atomic mass is 10.1. The van der Waals surface area contributed by atoms with Gasteiger partial charge in [-0.3, -0.25) is 4.79 Å². The molecule has 0 fully saturated rings. The van der Waals surface area contributed by atoms with Gasteiger partial charge in [0.2, 0.25) is 5.91 Å². The first kappa shape index (κ1) is 16.5. The van der Waals surface area contributed by atoms with E-state index in [2.05, 4.69) is 46.8 Å². The summed E-state index contributed by atoms with van der Waals surface area (Å²) in [5.41, 5.74) is 7.86. The van der Waals surface area contributed by atoms with E-state index in [4.69, 9.17) is 0 Å². The molecule has 4 aromatic rings. The van der Waals surface area contributed by atoms with Crippen LogP contribution in [0.4, 0.5) is 5.69 Å². The van der Waals surface area contributed by atoms with Crippen LogP contribution in [0.25, 0.3) is 16.8 Å². The average Bonchev–Trinajstić information content (AvgIpc) is 3.32. The molecule has 1 aliphatic rings. The summed E-state index contributed by atoms with van der Waals surface area (Å²) in [6.45, 7) is 0. The van der Waals surface area contributed by atoms with E-state index in [9.17, 15) is 4.79 Å². The number of carbonyl (C=O) groups is 1. The SMILES string of the molecule is O=C(Cc1cnn(-c2ccccc2)c1)Nc1ccc2c(c1)Cc1ccccc1-2. The Balaban J connectivity index is 1.28. The number of hydrogen-bond acceptors (Lipinski definition) is 2. The molecule has 3 aromatic carbocycles. The smallest absolute Gasteiger partial charge is 0.228 e. The van der Waals surface area contributed by atoms with Crippen LogP contribution in [0, 0.1) is 0 Å². The quantitative estimate of drug-likeness (QED) is 0.505. The zero-order valence-corrected chi connectivity index (χ0v) is 15.3. The molecule has 0 saturated heterocycles. The molecule has 136 valence electrons. The summed E-state index contributed by atoms with van der Waals surface area (Å²) >= 11 is 0. The van der Waals surface area contributed by atoms with Gasteiger partial charge in [0, 0.05) is 11.9 Å². The first-order valence-electron chi connectivity index (χ1n) is 9.36. The zero-order valence-electron chi connectivity index (χ0n) is 15.3. The molecule has 1 amide bonds. The molecular formula is C24H19N3O. The molecule has 0 saturated carbocycles. The number of amides is 1. The van der Waals surface area contributed by atoms with Gasteiger partial charge in [-0.2, -0.15) is 5.10 Å². The number of anilines is 1. The maximum atomic E-state index is 12.5. The molecule has 5 rings (SSSR count). The van der Waals surface area contributed by atoms with E-state index >= 15 is 0 Å². The highest BCUT2D eigenvalue weighted by Crippen LogP contribution is 2.37. The second-order valence-corrected chi connectivity index (χ2v) is 7.06. The minimum atomic E-state index is -0.0388. The molecule has 1 N–H and O–H groups in total. The first-order chi connectivity index (χ1) is 13.8. The number of nitrogens with one attached hydrogen (secondary N) is 1. The van der Waals surface area contributed by atoms with E-state index in [1.165, 1.54) is 22.3 Å². The summed E-state index contributed by atoms with van der Waals surface area (Å²) in [6, 6.07) is 24.5. The van der Waals surface area contributed by atoms with E-state index in [1.807, 2.05) is 42.6 Å². The number of carbonyl (C=O) groups excluding carboxylic acids is 1. The van der Waals surface area contributed by atoms with Gasteiger partial charge in [0.1, 0.15) is 0 Å². The zero-order chi connectivity index (χ0) is 18.9. The summed E-state index contributed by atoms with van der Waals surface area (Å²) in [7, 11) is 0. The monoisotopic (exact) mass is 365 g/mol. The van der Waals surface area contributed by atoms with Crippen LogP contribution in [0.15, 0.2) is 85.2 Å². The average molecular weight is 365 g/mol. The largest absolute Gasteiger partial charge is 0.326 e. The number of fused-ring (bicyclic) bond motifs is 3. The van der Waals surface area contributed by atoms with Crippen molar-refractivity contribution in [2.75, 3.05) is 5.32 Å². The van der Waals surface area contributed by atoms with Crippen LogP contribution in [0.2, 0.25) is 0 Å². The van der Waals surface area contributed by atoms with Crippen LogP contribution >= 0.6 is 0 Å². The number of aromatic nitrogens is 2. The maximum absolute atomic E-state index is 12.5. The lowest BCUT2D eigenvalue weighted by Crippen LogP contribution is -2.14. The van der Waals surface area contributed by atoms with Gasteiger partial charge in [0.25, 0.3) is 0 Å². The van der Waals surface area contributed by atoms with Crippen LogP contribution in [0.3, 0.4) is 0 Å². The van der Waals surface area contributed by atoms with Gasteiger partial charge in [0.05, 0.1) is 18.3 Å². The van der Waals surface area contributed by atoms with E-state index < -0.39 is 0 Å². The van der Waals surface area contributed by atoms with Crippen molar-refractivity contribution in [3.8, 4) is 16.8 Å². The fourth-order valence-electron chi connectivity index (χ4n) is 3.79. The lowest BCUT2D eigenvalue weighted by Gasteiger charge is -2.07. The Morgan fingerprint density at radius 2 is 1.71 bits per heavy atom. The van der Waals surface area contributed by atoms with Gasteiger partial charge in [-0.25, -0.2) is 4.68 Å². The minimum absolute atomic E-state index is 0.0388. The summed E-state index contributed by atoms with van der Waals surface area (Å²) < 4.78 is 1.79. The third-order valence-corrected chi connectivity index (χ3v) is 5.10. The fraction of sp³-hybridized carbons (Fsp3) is 0.0833. The summed E-state index contributed by atoms with van der Waals surface area (Å²) in [6.07, 6.45) is 4.85. The number of hydrogen-bond donors (Lipinski definition) is 1. The second-order valence-electron chi connectivity index (χ2n) is 7.06. The molecule has 0 radical (unpaired) electrons. The van der Waals surface area contributed by atoms with Crippen molar-refractivity contribution in [1.82, 2.24) is 9.78 Å². The van der Waals surface area contributed by atoms with Crippen LogP contribution in [-0.4, -0.2) is 15.7 Å². The van der Waals surface area contributed by atoms with Gasteiger partial charge < -0.3 is 5.32 Å². The van der Waals surface area contributed by atoms with Gasteiger partial charge in [-0.15, -0.1) is 0 Å². The highest BCUT2D eigenvalue weighted by Gasteiger charge is 2.18. The molecule has 1 heterocycles. The molecule has 0 spiro atoms. The topological polar surface area (TPSA) is 46.9 Å². The maximum Gasteiger partial charge on any atom is 0.228 e. The first-order valence-corrected chi connectivity index (χ1v) is 9.36. The Bertz CT molecular complexity index is 1160. The summed E-state index contributed by atoms with van der Waals surface area (Å²) in [5.74, 6) is -0.0388. The van der Waals surface area contributed by atoms with Gasteiger partial charge in [-0.05, 0) is 58.5 Å². The molecule has 0 unspecified atom stereocenters. The number of nitrogens with zero attached hydrogens (tertiary/aromatic N) is 2. The molecule has 1 aliphatic carbocycles. The van der Waals surface area contributed by atoms with Gasteiger partial charge >= 0.3 is 0 Å². The molecule has 0 atom stereocenters. The van der Waals surface area contributed by atoms with Crippen LogP contribution < -0.4 is 5.32 Å². The highest BCUT2D eigenvalue weighted by atomic mass is 16.1. The minimum Gasteiger partial charge on any atom is -0.326 e. The standard InChI is InChI=1S/C24H19N3O/c28-24(12-17-15-25-27(16-17)21-7-2-1-3-8-21)26-20-10-11-23-19(14-20)13-18-6-4-5-9-22(18)23/h1-11,14-16H,12-13H2,(H,26,28). The lowest BCUT2D eigenvalue weighted by molar-refractivity contribution is -0.115. The number of rotatable bonds is 4. The van der Waals surface area contributed by atoms with E-state index in [1.54, 1.807) is 10.9 Å². The number of para-hydroxylation sites is 1. The third-order valence-electron chi connectivity index (χ3n) is 5.10. The second kappa shape index (κ2) is 6.82. The highest BCUT2D eigenvalue weighted by molar-refractivity contribution is 5.93. The van der Waals surface area contributed by atoms with E-state index in [0.29, 0.717) is 6.42 Å². The molecule has 1 aromatic heterocycles. The van der Waals surface area contributed by atoms with Crippen molar-refractivity contribution < 1.29 is 4.79 Å². The van der Waals surface area contributed by atoms with Crippen LogP contribution in [0.5, 0.6) is 0 Å². The predicted octanol–water partition coefficient (Wildman–Crippen LogP) is 4.62. The fourth-order valence-corrected chi connectivity index (χ4v) is 3.79. The normalized spacial score (nSPS) is 11.7. The molecular weight excluding hydrogens is 346 g/mol. The summed E-state index contributed by atoms with van der Waals surface area (Å²) in [4.78, 5) is 12.5. The van der Waals surface area contributed by atoms with Crippen molar-refractivity contribution in [2.45, 2.75) is 12.8 Å². The number of benzene rings is 3. The molecule has 4 nitrogen and oxygen atoms in total. The van der Waals surface area contributed by atoms with E-state index in [0.717, 1.165) is 23.4 Å². The Kier molecular flexibility index (Phi) is 4.02.